The van der Waals surface area contributed by atoms with Crippen LogP contribution >= 0.6 is 15.9 Å². The molecule has 2 aromatic rings. The quantitative estimate of drug-likeness (QED) is 0.862. The van der Waals surface area contributed by atoms with E-state index in [1.807, 2.05) is 48.5 Å². The second-order valence-corrected chi connectivity index (χ2v) is 6.84. The minimum Gasteiger partial charge on any atom is -0.326 e. The van der Waals surface area contributed by atoms with Gasteiger partial charge in [0, 0.05) is 28.8 Å². The monoisotopic (exact) mass is 386 g/mol. The average molecular weight is 387 g/mol. The molecule has 5 heteroatoms. The van der Waals surface area contributed by atoms with Gasteiger partial charge in [0.05, 0.1) is 5.92 Å². The lowest BCUT2D eigenvalue weighted by molar-refractivity contribution is -0.122. The van der Waals surface area contributed by atoms with Gasteiger partial charge in [-0.3, -0.25) is 9.59 Å². The standard InChI is InChI=1S/C19H19BrN2O2/c1-2-13-4-3-5-16(10-13)21-19(24)14-11-18(23)22(12-14)17-8-6-15(20)7-9-17/h3-10,14H,2,11-12H2,1H3,(H,21,24). The van der Waals surface area contributed by atoms with E-state index in [4.69, 9.17) is 0 Å². The highest BCUT2D eigenvalue weighted by molar-refractivity contribution is 9.10. The average Bonchev–Trinajstić information content (AvgIpc) is 2.98. The summed E-state index contributed by atoms with van der Waals surface area (Å²) in [6.07, 6.45) is 1.17. The first-order valence-corrected chi connectivity index (χ1v) is 8.82. The Morgan fingerprint density at radius 2 is 2.00 bits per heavy atom. The van der Waals surface area contributed by atoms with Crippen LogP contribution in [0.4, 0.5) is 11.4 Å². The fraction of sp³-hybridized carbons (Fsp3) is 0.263. The predicted octanol–water partition coefficient (Wildman–Crippen LogP) is 4.00. The zero-order valence-corrected chi connectivity index (χ0v) is 15.0. The Balaban J connectivity index is 1.68. The summed E-state index contributed by atoms with van der Waals surface area (Å²) in [6, 6.07) is 15.4. The van der Waals surface area contributed by atoms with Crippen molar-refractivity contribution in [2.24, 2.45) is 5.92 Å². The van der Waals surface area contributed by atoms with E-state index < -0.39 is 0 Å². The summed E-state index contributed by atoms with van der Waals surface area (Å²) in [5.74, 6) is -0.442. The van der Waals surface area contributed by atoms with E-state index in [1.54, 1.807) is 4.90 Å². The van der Waals surface area contributed by atoms with Crippen LogP contribution in [0.3, 0.4) is 0 Å². The summed E-state index contributed by atoms with van der Waals surface area (Å²) in [4.78, 5) is 26.4. The molecule has 1 saturated heterocycles. The fourth-order valence-electron chi connectivity index (χ4n) is 2.87. The molecule has 1 heterocycles. The molecule has 0 spiro atoms. The van der Waals surface area contributed by atoms with Gasteiger partial charge in [0.15, 0.2) is 0 Å². The number of halogens is 1. The minimum atomic E-state index is -0.327. The van der Waals surface area contributed by atoms with E-state index in [9.17, 15) is 9.59 Å². The number of benzene rings is 2. The van der Waals surface area contributed by atoms with E-state index in [1.165, 1.54) is 5.56 Å². The maximum Gasteiger partial charge on any atom is 0.229 e. The molecule has 0 aliphatic carbocycles. The van der Waals surface area contributed by atoms with E-state index in [2.05, 4.69) is 28.2 Å². The van der Waals surface area contributed by atoms with E-state index >= 15 is 0 Å². The second-order valence-electron chi connectivity index (χ2n) is 5.92. The number of nitrogens with one attached hydrogen (secondary N) is 1. The van der Waals surface area contributed by atoms with Crippen LogP contribution < -0.4 is 10.2 Å². The summed E-state index contributed by atoms with van der Waals surface area (Å²) in [7, 11) is 0. The Labute approximate surface area is 150 Å². The first-order valence-electron chi connectivity index (χ1n) is 8.02. The van der Waals surface area contributed by atoms with Gasteiger partial charge in [0.2, 0.25) is 11.8 Å². The third-order valence-electron chi connectivity index (χ3n) is 4.24. The molecule has 0 aromatic heterocycles. The maximum absolute atomic E-state index is 12.5. The van der Waals surface area contributed by atoms with E-state index in [-0.39, 0.29) is 24.2 Å². The zero-order chi connectivity index (χ0) is 17.1. The van der Waals surface area contributed by atoms with Crippen molar-refractivity contribution in [1.82, 2.24) is 0 Å². The summed E-state index contributed by atoms with van der Waals surface area (Å²) >= 11 is 3.39. The zero-order valence-electron chi connectivity index (χ0n) is 13.5. The highest BCUT2D eigenvalue weighted by Crippen LogP contribution is 2.27. The van der Waals surface area contributed by atoms with Crippen LogP contribution in [0.5, 0.6) is 0 Å². The van der Waals surface area contributed by atoms with Gasteiger partial charge in [-0.15, -0.1) is 0 Å². The van der Waals surface area contributed by atoms with Gasteiger partial charge >= 0.3 is 0 Å². The van der Waals surface area contributed by atoms with Gasteiger partial charge in [0.25, 0.3) is 0 Å². The van der Waals surface area contributed by atoms with Gasteiger partial charge in [-0.1, -0.05) is 35.0 Å². The highest BCUT2D eigenvalue weighted by Gasteiger charge is 2.35. The van der Waals surface area contributed by atoms with E-state index in [0.717, 1.165) is 22.3 Å². The summed E-state index contributed by atoms with van der Waals surface area (Å²) in [6.45, 7) is 2.49. The van der Waals surface area contributed by atoms with Crippen LogP contribution in [-0.2, 0) is 16.0 Å². The van der Waals surface area contributed by atoms with Crippen LogP contribution in [0.2, 0.25) is 0 Å². The molecule has 0 saturated carbocycles. The maximum atomic E-state index is 12.5. The van der Waals surface area contributed by atoms with E-state index in [0.29, 0.717) is 6.54 Å². The van der Waals surface area contributed by atoms with Crippen LogP contribution in [0.1, 0.15) is 18.9 Å². The Hall–Kier alpha value is -2.14. The van der Waals surface area contributed by atoms with Crippen LogP contribution in [0.15, 0.2) is 53.0 Å². The molecule has 3 rings (SSSR count). The normalized spacial score (nSPS) is 17.2. The lowest BCUT2D eigenvalue weighted by Gasteiger charge is -2.17. The number of anilines is 2. The molecule has 2 aromatic carbocycles. The van der Waals surface area contributed by atoms with Crippen molar-refractivity contribution in [3.05, 3.63) is 58.6 Å². The van der Waals surface area contributed by atoms with Crippen molar-refractivity contribution in [3.63, 3.8) is 0 Å². The van der Waals surface area contributed by atoms with Gasteiger partial charge in [-0.05, 0) is 48.4 Å². The first-order chi connectivity index (χ1) is 11.6. The first kappa shape index (κ1) is 16.7. The smallest absolute Gasteiger partial charge is 0.229 e. The van der Waals surface area contributed by atoms with Crippen molar-refractivity contribution in [2.75, 3.05) is 16.8 Å². The molecule has 24 heavy (non-hydrogen) atoms. The summed E-state index contributed by atoms with van der Waals surface area (Å²) in [5, 5.41) is 2.93. The van der Waals surface area contributed by atoms with Crippen LogP contribution in [0.25, 0.3) is 0 Å². The summed E-state index contributed by atoms with van der Waals surface area (Å²) < 4.78 is 0.961. The number of amides is 2. The molecule has 0 bridgehead atoms. The predicted molar refractivity (Wildman–Crippen MR) is 99.1 cm³/mol. The molecule has 124 valence electrons. The summed E-state index contributed by atoms with van der Waals surface area (Å²) in [5.41, 5.74) is 2.78. The fourth-order valence-corrected chi connectivity index (χ4v) is 3.13. The lowest BCUT2D eigenvalue weighted by Crippen LogP contribution is -2.28. The molecular weight excluding hydrogens is 368 g/mol. The van der Waals surface area contributed by atoms with Gasteiger partial charge in [0.1, 0.15) is 0 Å². The largest absolute Gasteiger partial charge is 0.326 e. The number of aryl methyl sites for hydroxylation is 1. The molecule has 1 unspecified atom stereocenters. The number of carbonyl (C=O) groups is 2. The number of hydrogen-bond donors (Lipinski definition) is 1. The molecule has 1 atom stereocenters. The van der Waals surface area contributed by atoms with Crippen LogP contribution in [0, 0.1) is 5.92 Å². The Morgan fingerprint density at radius 3 is 2.71 bits per heavy atom. The SMILES string of the molecule is CCc1cccc(NC(=O)C2CC(=O)N(c3ccc(Br)cc3)C2)c1. The molecule has 1 fully saturated rings. The third kappa shape index (κ3) is 3.67. The number of carbonyl (C=O) groups excluding carboxylic acids is 2. The molecule has 0 radical (unpaired) electrons. The Morgan fingerprint density at radius 1 is 1.25 bits per heavy atom. The van der Waals surface area contributed by atoms with Crippen molar-refractivity contribution in [3.8, 4) is 0 Å². The molecule has 2 amide bonds. The Bertz CT molecular complexity index is 758. The number of nitrogens with zero attached hydrogens (tertiary/aromatic N) is 1. The lowest BCUT2D eigenvalue weighted by atomic mass is 10.1. The topological polar surface area (TPSA) is 49.4 Å². The van der Waals surface area contributed by atoms with Crippen LogP contribution in [-0.4, -0.2) is 18.4 Å². The second kappa shape index (κ2) is 7.18. The number of rotatable bonds is 4. The van der Waals surface area contributed by atoms with Crippen molar-refractivity contribution in [1.29, 1.82) is 0 Å². The van der Waals surface area contributed by atoms with Gasteiger partial charge in [-0.25, -0.2) is 0 Å². The molecule has 1 aliphatic rings. The van der Waals surface area contributed by atoms with Gasteiger partial charge in [-0.2, -0.15) is 0 Å². The van der Waals surface area contributed by atoms with Crippen molar-refractivity contribution < 1.29 is 9.59 Å². The number of hydrogen-bond acceptors (Lipinski definition) is 2. The highest BCUT2D eigenvalue weighted by atomic mass is 79.9. The van der Waals surface area contributed by atoms with Crippen molar-refractivity contribution >= 4 is 39.1 Å². The molecular formula is C19H19BrN2O2. The Kier molecular flexibility index (Phi) is 5.00. The van der Waals surface area contributed by atoms with Gasteiger partial charge < -0.3 is 10.2 Å². The van der Waals surface area contributed by atoms with Crippen molar-refractivity contribution in [2.45, 2.75) is 19.8 Å². The molecule has 1 N–H and O–H groups in total. The molecule has 4 nitrogen and oxygen atoms in total. The minimum absolute atomic E-state index is 0.0141. The molecule has 1 aliphatic heterocycles. The third-order valence-corrected chi connectivity index (χ3v) is 4.77.